The molecule has 0 heterocycles. The van der Waals surface area contributed by atoms with Crippen LogP contribution in [0.3, 0.4) is 0 Å². The molecule has 0 fully saturated rings. The van der Waals surface area contributed by atoms with E-state index in [1.54, 1.807) is 0 Å². The Labute approximate surface area is 130 Å². The second-order valence-corrected chi connectivity index (χ2v) is 9.97. The molecule has 1 aromatic rings. The molecule has 0 radical (unpaired) electrons. The van der Waals surface area contributed by atoms with E-state index < -0.39 is 34.9 Å². The van der Waals surface area contributed by atoms with Crippen LogP contribution in [-0.2, 0) is 0 Å². The molecule has 19 heavy (non-hydrogen) atoms. The van der Waals surface area contributed by atoms with Gasteiger partial charge in [0.1, 0.15) is 0 Å². The van der Waals surface area contributed by atoms with E-state index in [0.29, 0.717) is 0 Å². The van der Waals surface area contributed by atoms with Gasteiger partial charge in [-0.15, -0.1) is 0 Å². The van der Waals surface area contributed by atoms with Crippen molar-refractivity contribution < 1.29 is 19.7 Å². The second kappa shape index (κ2) is 5.51. The van der Waals surface area contributed by atoms with Gasteiger partial charge in [0.05, 0.1) is 9.85 Å². The standard InChI is InChI=1S/C8H3Br3N2O6/c9-8(10,11)7(15)3-1-4(12(16)17)6(14)5(2-3)13(18)19/h1-2,14H. The first-order valence-electron chi connectivity index (χ1n) is 4.33. The van der Waals surface area contributed by atoms with Gasteiger partial charge in [-0.1, -0.05) is 47.8 Å². The minimum atomic E-state index is -1.41. The molecule has 8 nitrogen and oxygen atoms in total. The maximum Gasteiger partial charge on any atom is 0.318 e. The maximum atomic E-state index is 11.9. The Hall–Kier alpha value is -1.07. The third kappa shape index (κ3) is 3.48. The van der Waals surface area contributed by atoms with Crippen LogP contribution in [0.4, 0.5) is 11.4 Å². The number of halogens is 3. The predicted octanol–water partition coefficient (Wildman–Crippen LogP) is 3.23. The molecule has 0 aromatic heterocycles. The maximum absolute atomic E-state index is 11.9. The minimum absolute atomic E-state index is 0.318. The van der Waals surface area contributed by atoms with E-state index in [0.717, 1.165) is 12.1 Å². The number of alkyl halides is 3. The first-order valence-corrected chi connectivity index (χ1v) is 6.71. The van der Waals surface area contributed by atoms with Gasteiger partial charge >= 0.3 is 11.4 Å². The average Bonchev–Trinajstić information content (AvgIpc) is 2.26. The Balaban J connectivity index is 3.57. The van der Waals surface area contributed by atoms with Crippen LogP contribution >= 0.6 is 47.8 Å². The number of Topliss-reactive ketones (excluding diaryl/α,β-unsaturated/α-hetero) is 1. The molecular formula is C8H3Br3N2O6. The molecule has 0 aliphatic carbocycles. The Kier molecular flexibility index (Phi) is 4.63. The lowest BCUT2D eigenvalue weighted by Gasteiger charge is -2.10. The summed E-state index contributed by atoms with van der Waals surface area (Å²) in [5.74, 6) is -1.84. The predicted molar refractivity (Wildman–Crippen MR) is 75.3 cm³/mol. The van der Waals surface area contributed by atoms with E-state index >= 15 is 0 Å². The summed E-state index contributed by atoms with van der Waals surface area (Å²) in [6, 6.07) is 1.51. The molecule has 1 N–H and O–H groups in total. The fourth-order valence-corrected chi connectivity index (χ4v) is 1.86. The van der Waals surface area contributed by atoms with Crippen molar-refractivity contribution in [1.29, 1.82) is 0 Å². The summed E-state index contributed by atoms with van der Waals surface area (Å²) in [4.78, 5) is 31.2. The molecule has 1 rings (SSSR count). The van der Waals surface area contributed by atoms with E-state index in [1.807, 2.05) is 0 Å². The Morgan fingerprint density at radius 2 is 1.47 bits per heavy atom. The molecule has 102 valence electrons. The summed E-state index contributed by atoms with van der Waals surface area (Å²) in [6.07, 6.45) is 0. The van der Waals surface area contributed by atoms with Gasteiger partial charge in [-0.3, -0.25) is 25.0 Å². The zero-order valence-corrected chi connectivity index (χ0v) is 13.4. The van der Waals surface area contributed by atoms with E-state index in [9.17, 15) is 30.1 Å². The molecule has 11 heteroatoms. The number of carbonyl (C=O) groups is 1. The number of hydrogen-bond acceptors (Lipinski definition) is 6. The molecule has 0 spiro atoms. The second-order valence-electron chi connectivity index (χ2n) is 3.20. The molecule has 0 aliphatic rings. The van der Waals surface area contributed by atoms with Crippen molar-refractivity contribution in [3.05, 3.63) is 37.9 Å². The number of rotatable bonds is 3. The van der Waals surface area contributed by atoms with Crippen LogP contribution in [0.15, 0.2) is 12.1 Å². The van der Waals surface area contributed by atoms with E-state index in [-0.39, 0.29) is 5.56 Å². The summed E-state index contributed by atoms with van der Waals surface area (Å²) in [5.41, 5.74) is -2.16. The van der Waals surface area contributed by atoms with Crippen LogP contribution in [0.1, 0.15) is 10.4 Å². The van der Waals surface area contributed by atoms with Crippen molar-refractivity contribution in [2.45, 2.75) is 2.14 Å². The van der Waals surface area contributed by atoms with E-state index in [2.05, 4.69) is 47.8 Å². The molecule has 0 atom stereocenters. The average molecular weight is 463 g/mol. The summed E-state index contributed by atoms with van der Waals surface area (Å²) in [6.45, 7) is 0. The lowest BCUT2D eigenvalue weighted by Crippen LogP contribution is -2.17. The molecule has 0 bridgehead atoms. The largest absolute Gasteiger partial charge is 0.497 e. The van der Waals surface area contributed by atoms with Gasteiger partial charge in [-0.2, -0.15) is 0 Å². The van der Waals surface area contributed by atoms with Crippen molar-refractivity contribution in [3.63, 3.8) is 0 Å². The van der Waals surface area contributed by atoms with Crippen LogP contribution in [0.5, 0.6) is 5.75 Å². The van der Waals surface area contributed by atoms with Crippen LogP contribution in [0.2, 0.25) is 0 Å². The lowest BCUT2D eigenvalue weighted by atomic mass is 10.1. The van der Waals surface area contributed by atoms with Crippen LogP contribution in [0.25, 0.3) is 0 Å². The molecule has 1 aromatic carbocycles. The monoisotopic (exact) mass is 460 g/mol. The van der Waals surface area contributed by atoms with Crippen LogP contribution < -0.4 is 0 Å². The highest BCUT2D eigenvalue weighted by Crippen LogP contribution is 2.41. The molecule has 0 aliphatic heterocycles. The highest BCUT2D eigenvalue weighted by molar-refractivity contribution is 9.40. The molecule has 0 saturated heterocycles. The van der Waals surface area contributed by atoms with Crippen molar-refractivity contribution in [2.24, 2.45) is 0 Å². The number of phenols is 1. The van der Waals surface area contributed by atoms with Crippen LogP contribution in [-0.4, -0.2) is 22.9 Å². The number of nitrogens with zero attached hydrogens (tertiary/aromatic N) is 2. The van der Waals surface area contributed by atoms with E-state index in [1.165, 1.54) is 0 Å². The third-order valence-electron chi connectivity index (χ3n) is 1.98. The van der Waals surface area contributed by atoms with Crippen LogP contribution in [0, 0.1) is 20.2 Å². The SMILES string of the molecule is O=C(c1cc([N+](=O)[O-])c(O)c([N+](=O)[O-])c1)C(Br)(Br)Br. The number of hydrogen-bond donors (Lipinski definition) is 1. The van der Waals surface area contributed by atoms with Gasteiger partial charge in [0.2, 0.25) is 5.78 Å². The first-order chi connectivity index (χ1) is 8.55. The normalized spacial score (nSPS) is 11.1. The van der Waals surface area contributed by atoms with Gasteiger partial charge in [0.15, 0.2) is 2.14 Å². The number of phenolic OH excluding ortho intramolecular Hbond substituents is 1. The van der Waals surface area contributed by atoms with Gasteiger partial charge in [0.25, 0.3) is 5.75 Å². The number of carbonyl (C=O) groups excluding carboxylic acids is 1. The highest BCUT2D eigenvalue weighted by Gasteiger charge is 2.34. The topological polar surface area (TPSA) is 124 Å². The zero-order chi connectivity index (χ0) is 15.0. The molecule has 0 amide bonds. The highest BCUT2D eigenvalue weighted by atomic mass is 80.0. The van der Waals surface area contributed by atoms with Crippen molar-refractivity contribution >= 4 is 64.9 Å². The third-order valence-corrected chi connectivity index (χ3v) is 3.06. The molecule has 0 saturated carbocycles. The van der Waals surface area contributed by atoms with Crippen molar-refractivity contribution in [3.8, 4) is 5.75 Å². The smallest absolute Gasteiger partial charge is 0.318 e. The lowest BCUT2D eigenvalue weighted by molar-refractivity contribution is -0.396. The Morgan fingerprint density at radius 3 is 1.74 bits per heavy atom. The van der Waals surface area contributed by atoms with Gasteiger partial charge in [-0.25, -0.2) is 0 Å². The quantitative estimate of drug-likeness (QED) is 0.318. The summed E-state index contributed by atoms with van der Waals surface area (Å²) in [7, 11) is 0. The summed E-state index contributed by atoms with van der Waals surface area (Å²) in [5, 5.41) is 30.8. The summed E-state index contributed by atoms with van der Waals surface area (Å²) < 4.78 is -1.41. The van der Waals surface area contributed by atoms with Crippen molar-refractivity contribution in [2.75, 3.05) is 0 Å². The zero-order valence-electron chi connectivity index (χ0n) is 8.67. The fraction of sp³-hybridized carbons (Fsp3) is 0.125. The fourth-order valence-electron chi connectivity index (χ4n) is 1.18. The number of nitro groups is 2. The Bertz CT molecular complexity index is 547. The molecule has 0 unspecified atom stereocenters. The van der Waals surface area contributed by atoms with Crippen molar-refractivity contribution in [1.82, 2.24) is 0 Å². The van der Waals surface area contributed by atoms with Gasteiger partial charge in [0, 0.05) is 17.7 Å². The number of nitro benzene ring substituents is 2. The van der Waals surface area contributed by atoms with Gasteiger partial charge in [-0.05, 0) is 0 Å². The number of aromatic hydroxyl groups is 1. The Morgan fingerprint density at radius 1 is 1.11 bits per heavy atom. The number of benzene rings is 1. The molecular weight excluding hydrogens is 460 g/mol. The summed E-state index contributed by atoms with van der Waals surface area (Å²) >= 11 is 8.71. The number of ketones is 1. The van der Waals surface area contributed by atoms with Gasteiger partial charge < -0.3 is 5.11 Å². The first kappa shape index (κ1) is 16.0. The van der Waals surface area contributed by atoms with E-state index in [4.69, 9.17) is 0 Å². The minimum Gasteiger partial charge on any atom is -0.497 e.